The number of fused-ring (bicyclic) bond motifs is 1. The average Bonchev–Trinajstić information content (AvgIpc) is 2.89. The van der Waals surface area contributed by atoms with Gasteiger partial charge in [0.25, 0.3) is 0 Å². The third-order valence-electron chi connectivity index (χ3n) is 6.75. The topological polar surface area (TPSA) is 65.5 Å². The molecule has 2 aliphatic heterocycles. The molecular weight excluding hydrogens is 462 g/mol. The molecule has 1 fully saturated rings. The van der Waals surface area contributed by atoms with Gasteiger partial charge >= 0.3 is 0 Å². The van der Waals surface area contributed by atoms with Crippen LogP contribution in [0.4, 0.5) is 25.8 Å². The predicted molar refractivity (Wildman–Crippen MR) is 139 cm³/mol. The number of nitrogens with one attached hydrogen (secondary N) is 2. The van der Waals surface area contributed by atoms with Crippen molar-refractivity contribution in [3.63, 3.8) is 0 Å². The first kappa shape index (κ1) is 24.2. The Bertz CT molecular complexity index is 1250. The molecule has 2 aliphatic rings. The normalized spacial score (nSPS) is 15.6. The highest BCUT2D eigenvalue weighted by molar-refractivity contribution is 5.73. The minimum absolute atomic E-state index is 0.0854. The second-order valence-corrected chi connectivity index (χ2v) is 9.44. The highest BCUT2D eigenvalue weighted by Crippen LogP contribution is 2.39. The van der Waals surface area contributed by atoms with Gasteiger partial charge in [-0.25, -0.2) is 18.7 Å². The van der Waals surface area contributed by atoms with Gasteiger partial charge in [0.2, 0.25) is 0 Å². The lowest BCUT2D eigenvalue weighted by Crippen LogP contribution is -2.43. The Labute approximate surface area is 210 Å². The molecule has 190 valence electrons. The van der Waals surface area contributed by atoms with E-state index >= 15 is 0 Å². The van der Waals surface area contributed by atoms with Gasteiger partial charge < -0.3 is 25.2 Å². The number of benzene rings is 2. The molecule has 0 aliphatic carbocycles. The molecule has 0 spiro atoms. The molecule has 36 heavy (non-hydrogen) atoms. The molecule has 1 aromatic heterocycles. The fraction of sp³-hybridized carbons (Fsp3) is 0.407. The van der Waals surface area contributed by atoms with Crippen molar-refractivity contribution >= 4 is 17.1 Å². The minimum atomic E-state index is -0.587. The summed E-state index contributed by atoms with van der Waals surface area (Å²) in [5, 5.41) is 6.67. The first-order valence-corrected chi connectivity index (χ1v) is 12.5. The summed E-state index contributed by atoms with van der Waals surface area (Å²) in [7, 11) is 1.91. The molecular formula is C27H32F2N6O. The maximum Gasteiger partial charge on any atom is 0.178 e. The van der Waals surface area contributed by atoms with Crippen molar-refractivity contribution in [2.75, 3.05) is 61.5 Å². The lowest BCUT2D eigenvalue weighted by atomic mass is 10.1. The maximum absolute atomic E-state index is 15.0. The highest BCUT2D eigenvalue weighted by Gasteiger charge is 2.26. The summed E-state index contributed by atoms with van der Waals surface area (Å²) in [5.41, 5.74) is 4.27. The molecule has 0 radical (unpaired) electrons. The number of aromatic nitrogens is 2. The Morgan fingerprint density at radius 2 is 1.86 bits per heavy atom. The lowest BCUT2D eigenvalue weighted by molar-refractivity contribution is 0.287. The minimum Gasteiger partial charge on any atom is -0.486 e. The molecule has 0 bridgehead atoms. The summed E-state index contributed by atoms with van der Waals surface area (Å²) in [5.74, 6) is -0.429. The average molecular weight is 495 g/mol. The van der Waals surface area contributed by atoms with Crippen LogP contribution < -0.4 is 25.2 Å². The van der Waals surface area contributed by atoms with Crippen molar-refractivity contribution in [3.05, 3.63) is 59.6 Å². The number of piperazine rings is 1. The SMILES string of the molecule is CNc1cc(Cc2ncc(F)c(-c3cc(F)c4c(c3)N(C(C)C)CCO4)n2)ccc1N1CCNCC1. The van der Waals surface area contributed by atoms with Crippen molar-refractivity contribution in [2.45, 2.75) is 26.3 Å². The molecule has 0 unspecified atom stereocenters. The first-order valence-electron chi connectivity index (χ1n) is 12.5. The summed E-state index contributed by atoms with van der Waals surface area (Å²) in [4.78, 5) is 13.2. The zero-order valence-electron chi connectivity index (χ0n) is 20.9. The number of rotatable bonds is 6. The van der Waals surface area contributed by atoms with Crippen LogP contribution in [0, 0.1) is 11.6 Å². The molecule has 1 saturated heterocycles. The first-order chi connectivity index (χ1) is 17.4. The fourth-order valence-electron chi connectivity index (χ4n) is 4.92. The molecule has 0 amide bonds. The van der Waals surface area contributed by atoms with Crippen molar-refractivity contribution < 1.29 is 13.5 Å². The Morgan fingerprint density at radius 1 is 1.06 bits per heavy atom. The number of halogens is 2. The van der Waals surface area contributed by atoms with Gasteiger partial charge in [-0.15, -0.1) is 0 Å². The van der Waals surface area contributed by atoms with Gasteiger partial charge in [0, 0.05) is 51.3 Å². The summed E-state index contributed by atoms with van der Waals surface area (Å²) < 4.78 is 35.4. The van der Waals surface area contributed by atoms with E-state index in [-0.39, 0.29) is 17.5 Å². The van der Waals surface area contributed by atoms with Crippen LogP contribution in [0.2, 0.25) is 0 Å². The lowest BCUT2D eigenvalue weighted by Gasteiger charge is -2.34. The largest absolute Gasteiger partial charge is 0.486 e. The number of ether oxygens (including phenoxy) is 1. The van der Waals surface area contributed by atoms with Gasteiger partial charge in [0.1, 0.15) is 18.1 Å². The van der Waals surface area contributed by atoms with Gasteiger partial charge in [-0.05, 0) is 43.7 Å². The van der Waals surface area contributed by atoms with Gasteiger partial charge in [-0.3, -0.25) is 0 Å². The molecule has 0 atom stereocenters. The van der Waals surface area contributed by atoms with Gasteiger partial charge in [-0.1, -0.05) is 6.07 Å². The van der Waals surface area contributed by atoms with E-state index in [1.807, 2.05) is 20.9 Å². The molecule has 3 aromatic rings. The van der Waals surface area contributed by atoms with Crippen LogP contribution in [0.15, 0.2) is 36.5 Å². The molecule has 5 rings (SSSR count). The van der Waals surface area contributed by atoms with Crippen molar-refractivity contribution in [2.24, 2.45) is 0 Å². The fourth-order valence-corrected chi connectivity index (χ4v) is 4.92. The number of anilines is 3. The van der Waals surface area contributed by atoms with E-state index in [2.05, 4.69) is 48.6 Å². The van der Waals surface area contributed by atoms with E-state index in [1.54, 1.807) is 6.07 Å². The molecule has 0 saturated carbocycles. The Morgan fingerprint density at radius 3 is 2.61 bits per heavy atom. The summed E-state index contributed by atoms with van der Waals surface area (Å²) >= 11 is 0. The van der Waals surface area contributed by atoms with E-state index in [1.165, 1.54) is 12.3 Å². The molecule has 9 heteroatoms. The highest BCUT2D eigenvalue weighted by atomic mass is 19.1. The molecule has 2 N–H and O–H groups in total. The predicted octanol–water partition coefficient (Wildman–Crippen LogP) is 4.07. The number of nitrogens with zero attached hydrogens (tertiary/aromatic N) is 4. The molecule has 7 nitrogen and oxygen atoms in total. The van der Waals surface area contributed by atoms with E-state index < -0.39 is 11.6 Å². The summed E-state index contributed by atoms with van der Waals surface area (Å²) in [6.45, 7) is 8.96. The number of hydrogen-bond donors (Lipinski definition) is 2. The third kappa shape index (κ3) is 4.80. The van der Waals surface area contributed by atoms with Crippen LogP contribution in [0.1, 0.15) is 25.2 Å². The van der Waals surface area contributed by atoms with Crippen LogP contribution in [0.5, 0.6) is 5.75 Å². The molecule has 3 heterocycles. The Kier molecular flexibility index (Phi) is 6.91. The summed E-state index contributed by atoms with van der Waals surface area (Å²) in [6, 6.07) is 9.45. The van der Waals surface area contributed by atoms with E-state index in [0.29, 0.717) is 36.6 Å². The quantitative estimate of drug-likeness (QED) is 0.536. The zero-order valence-corrected chi connectivity index (χ0v) is 20.9. The summed E-state index contributed by atoms with van der Waals surface area (Å²) in [6.07, 6.45) is 1.60. The third-order valence-corrected chi connectivity index (χ3v) is 6.75. The van der Waals surface area contributed by atoms with Crippen molar-refractivity contribution in [1.29, 1.82) is 0 Å². The maximum atomic E-state index is 15.0. The van der Waals surface area contributed by atoms with Crippen LogP contribution in [-0.2, 0) is 6.42 Å². The van der Waals surface area contributed by atoms with Crippen LogP contribution >= 0.6 is 0 Å². The van der Waals surface area contributed by atoms with Crippen LogP contribution in [0.3, 0.4) is 0 Å². The standard InChI is InChI=1S/C27H32F2N6O/c1-17(2)35-10-11-36-27-20(28)14-19(15-24(27)35)26-21(29)16-32-25(33-26)13-18-4-5-23(22(12-18)30-3)34-8-6-31-7-9-34/h4-5,12,14-17,30-31H,6-11,13H2,1-3H3. The zero-order chi connectivity index (χ0) is 25.2. The smallest absolute Gasteiger partial charge is 0.178 e. The van der Waals surface area contributed by atoms with Gasteiger partial charge in [0.05, 0.1) is 29.8 Å². The van der Waals surface area contributed by atoms with E-state index in [4.69, 9.17) is 4.74 Å². The van der Waals surface area contributed by atoms with E-state index in [0.717, 1.165) is 43.1 Å². The Hall–Kier alpha value is -3.46. The monoisotopic (exact) mass is 494 g/mol. The second kappa shape index (κ2) is 10.3. The molecule has 2 aromatic carbocycles. The van der Waals surface area contributed by atoms with Crippen molar-refractivity contribution in [3.8, 4) is 17.0 Å². The van der Waals surface area contributed by atoms with Crippen LogP contribution in [-0.4, -0.2) is 62.4 Å². The second-order valence-electron chi connectivity index (χ2n) is 9.44. The van der Waals surface area contributed by atoms with Gasteiger partial charge in [0.15, 0.2) is 17.4 Å². The van der Waals surface area contributed by atoms with Crippen molar-refractivity contribution in [1.82, 2.24) is 15.3 Å². The number of hydrogen-bond acceptors (Lipinski definition) is 7. The Balaban J connectivity index is 1.45. The van der Waals surface area contributed by atoms with Gasteiger partial charge in [-0.2, -0.15) is 0 Å². The van der Waals surface area contributed by atoms with E-state index in [9.17, 15) is 8.78 Å². The van der Waals surface area contributed by atoms with Crippen LogP contribution in [0.25, 0.3) is 11.3 Å².